The summed E-state index contributed by atoms with van der Waals surface area (Å²) in [7, 11) is 0. The van der Waals surface area contributed by atoms with Crippen molar-refractivity contribution in [2.45, 2.75) is 12.2 Å². The third-order valence-corrected chi connectivity index (χ3v) is 4.52. The van der Waals surface area contributed by atoms with Crippen molar-refractivity contribution in [3.8, 4) is 0 Å². The Balaban J connectivity index is 2.19. The molecule has 4 heteroatoms. The van der Waals surface area contributed by atoms with E-state index in [2.05, 4.69) is 0 Å². The number of thioether (sulfide) groups is 1. The molecule has 0 bridgehead atoms. The van der Waals surface area contributed by atoms with Crippen molar-refractivity contribution in [3.05, 3.63) is 71.3 Å². The molecule has 2 nitrogen and oxygen atoms in total. The maximum absolute atomic E-state index is 11.4. The van der Waals surface area contributed by atoms with E-state index in [1.54, 1.807) is 0 Å². The summed E-state index contributed by atoms with van der Waals surface area (Å²) in [6, 6.07) is 16.9. The van der Waals surface area contributed by atoms with E-state index < -0.39 is 11.2 Å². The summed E-state index contributed by atoms with van der Waals surface area (Å²) < 4.78 is 0.598. The van der Waals surface area contributed by atoms with E-state index in [1.807, 2.05) is 61.5 Å². The number of rotatable bonds is 4. The monoisotopic (exact) mass is 302 g/mol. The van der Waals surface area contributed by atoms with Crippen LogP contribution in [0.2, 0.25) is 0 Å². The average Bonchev–Trinajstić information content (AvgIpc) is 2.46. The zero-order chi connectivity index (χ0) is 14.5. The molecule has 20 heavy (non-hydrogen) atoms. The first-order chi connectivity index (χ1) is 9.58. The van der Waals surface area contributed by atoms with Gasteiger partial charge in [-0.3, -0.25) is 4.79 Å². The van der Waals surface area contributed by atoms with Crippen molar-refractivity contribution in [3.63, 3.8) is 0 Å². The molecule has 2 aromatic carbocycles. The number of benzene rings is 2. The highest BCUT2D eigenvalue weighted by Crippen LogP contribution is 2.32. The van der Waals surface area contributed by atoms with Gasteiger partial charge in [-0.1, -0.05) is 84.1 Å². The molecule has 0 unspecified atom stereocenters. The standard InChI is InChI=1S/C16H14O2S2/c1-11-7-9-13(10-8-11)16(19)20-14(15(17)18)12-5-3-2-4-6-12/h2-10,14H,1H3,(H,17,18)/t14-/m1/s1. The van der Waals surface area contributed by atoms with Gasteiger partial charge in [0.1, 0.15) is 5.25 Å². The highest BCUT2D eigenvalue weighted by atomic mass is 32.2. The van der Waals surface area contributed by atoms with Crippen molar-refractivity contribution >= 4 is 34.1 Å². The van der Waals surface area contributed by atoms with Crippen LogP contribution < -0.4 is 0 Å². The predicted octanol–water partition coefficient (Wildman–Crippen LogP) is 4.23. The lowest BCUT2D eigenvalue weighted by Crippen LogP contribution is -2.10. The smallest absolute Gasteiger partial charge is 0.321 e. The Labute approximate surface area is 127 Å². The number of thiocarbonyl (C=S) groups is 1. The van der Waals surface area contributed by atoms with E-state index in [9.17, 15) is 9.90 Å². The summed E-state index contributed by atoms with van der Waals surface area (Å²) in [5, 5.41) is 8.71. The average molecular weight is 302 g/mol. The van der Waals surface area contributed by atoms with Crippen LogP contribution in [0.15, 0.2) is 54.6 Å². The molecule has 0 aliphatic rings. The van der Waals surface area contributed by atoms with Gasteiger partial charge in [-0.2, -0.15) is 0 Å². The highest BCUT2D eigenvalue weighted by molar-refractivity contribution is 8.24. The Bertz CT molecular complexity index is 606. The van der Waals surface area contributed by atoms with Crippen molar-refractivity contribution in [1.82, 2.24) is 0 Å². The summed E-state index contributed by atoms with van der Waals surface area (Å²) in [5.41, 5.74) is 2.79. The second-order valence-electron chi connectivity index (χ2n) is 4.40. The third kappa shape index (κ3) is 3.68. The van der Waals surface area contributed by atoms with E-state index in [-0.39, 0.29) is 0 Å². The molecule has 0 spiro atoms. The van der Waals surface area contributed by atoms with E-state index in [0.717, 1.165) is 16.7 Å². The molecular weight excluding hydrogens is 288 g/mol. The molecule has 2 aromatic rings. The van der Waals surface area contributed by atoms with Gasteiger partial charge in [-0.05, 0) is 18.1 Å². The van der Waals surface area contributed by atoms with Crippen LogP contribution in [0.25, 0.3) is 0 Å². The van der Waals surface area contributed by atoms with Crippen molar-refractivity contribution in [1.29, 1.82) is 0 Å². The summed E-state index contributed by atoms with van der Waals surface area (Å²) in [5.74, 6) is -0.879. The van der Waals surface area contributed by atoms with Gasteiger partial charge in [-0.15, -0.1) is 0 Å². The Morgan fingerprint density at radius 1 is 1.10 bits per heavy atom. The first-order valence-corrected chi connectivity index (χ1v) is 7.42. The summed E-state index contributed by atoms with van der Waals surface area (Å²) in [6.07, 6.45) is 0. The minimum Gasteiger partial charge on any atom is -0.480 e. The lowest BCUT2D eigenvalue weighted by molar-refractivity contribution is -0.136. The lowest BCUT2D eigenvalue weighted by Gasteiger charge is -2.13. The number of aliphatic carboxylic acids is 1. The molecule has 0 fully saturated rings. The van der Waals surface area contributed by atoms with Gasteiger partial charge in [0.25, 0.3) is 0 Å². The maximum atomic E-state index is 11.4. The molecule has 0 radical (unpaired) electrons. The quantitative estimate of drug-likeness (QED) is 0.858. The Morgan fingerprint density at radius 2 is 1.70 bits per heavy atom. The molecule has 1 N–H and O–H groups in total. The number of carboxylic acids is 1. The normalized spacial score (nSPS) is 11.8. The Hall–Kier alpha value is -1.65. The van der Waals surface area contributed by atoms with Crippen molar-refractivity contribution in [2.75, 3.05) is 0 Å². The maximum Gasteiger partial charge on any atom is 0.321 e. The second-order valence-corrected chi connectivity index (χ2v) is 6.18. The SMILES string of the molecule is Cc1ccc(C(=S)S[C@@H](C(=O)O)c2ccccc2)cc1. The minimum atomic E-state index is -0.879. The zero-order valence-corrected chi connectivity index (χ0v) is 12.6. The topological polar surface area (TPSA) is 37.3 Å². The van der Waals surface area contributed by atoms with Gasteiger partial charge >= 0.3 is 5.97 Å². The number of aryl methyl sites for hydroxylation is 1. The highest BCUT2D eigenvalue weighted by Gasteiger charge is 2.22. The fraction of sp³-hybridized carbons (Fsp3) is 0.125. The van der Waals surface area contributed by atoms with Crippen LogP contribution >= 0.6 is 24.0 Å². The number of hydrogen-bond donors (Lipinski definition) is 1. The van der Waals surface area contributed by atoms with Gasteiger partial charge in [0.15, 0.2) is 0 Å². The van der Waals surface area contributed by atoms with Crippen LogP contribution in [0.5, 0.6) is 0 Å². The number of carbonyl (C=O) groups is 1. The lowest BCUT2D eigenvalue weighted by atomic mass is 10.1. The van der Waals surface area contributed by atoms with Crippen molar-refractivity contribution < 1.29 is 9.90 Å². The molecule has 0 saturated carbocycles. The van der Waals surface area contributed by atoms with Crippen molar-refractivity contribution in [2.24, 2.45) is 0 Å². The summed E-state index contributed by atoms with van der Waals surface area (Å²) >= 11 is 6.56. The molecule has 102 valence electrons. The summed E-state index contributed by atoms with van der Waals surface area (Å²) in [6.45, 7) is 2.00. The first-order valence-electron chi connectivity index (χ1n) is 6.13. The van der Waals surface area contributed by atoms with Crippen LogP contribution in [0.1, 0.15) is 21.9 Å². The van der Waals surface area contributed by atoms with Crippen LogP contribution in [-0.2, 0) is 4.79 Å². The van der Waals surface area contributed by atoms with Crippen LogP contribution in [0.3, 0.4) is 0 Å². The number of hydrogen-bond acceptors (Lipinski definition) is 3. The second kappa shape index (κ2) is 6.68. The first kappa shape index (κ1) is 14.8. The van der Waals surface area contributed by atoms with Gasteiger partial charge in [-0.25, -0.2) is 0 Å². The molecule has 0 aliphatic heterocycles. The fourth-order valence-electron chi connectivity index (χ4n) is 1.75. The Kier molecular flexibility index (Phi) is 4.93. The van der Waals surface area contributed by atoms with Gasteiger partial charge in [0.05, 0.1) is 4.20 Å². The van der Waals surface area contributed by atoms with Gasteiger partial charge < -0.3 is 5.11 Å². The molecule has 2 rings (SSSR count). The van der Waals surface area contributed by atoms with Crippen LogP contribution in [0.4, 0.5) is 0 Å². The molecular formula is C16H14O2S2. The molecule has 1 atom stereocenters. The molecule has 0 heterocycles. The molecule has 0 amide bonds. The summed E-state index contributed by atoms with van der Waals surface area (Å²) in [4.78, 5) is 11.4. The van der Waals surface area contributed by atoms with Gasteiger partial charge in [0, 0.05) is 0 Å². The molecule has 0 aromatic heterocycles. The van der Waals surface area contributed by atoms with E-state index in [0.29, 0.717) is 4.20 Å². The van der Waals surface area contributed by atoms with E-state index in [4.69, 9.17) is 12.2 Å². The Morgan fingerprint density at radius 3 is 2.25 bits per heavy atom. The zero-order valence-electron chi connectivity index (χ0n) is 10.9. The van der Waals surface area contributed by atoms with Crippen LogP contribution in [-0.4, -0.2) is 15.3 Å². The largest absolute Gasteiger partial charge is 0.480 e. The predicted molar refractivity (Wildman–Crippen MR) is 87.3 cm³/mol. The van der Waals surface area contributed by atoms with Gasteiger partial charge in [0.2, 0.25) is 0 Å². The molecule has 0 saturated heterocycles. The minimum absolute atomic E-state index is 0.598. The number of carboxylic acid groups (broad SMARTS) is 1. The molecule has 0 aliphatic carbocycles. The third-order valence-electron chi connectivity index (χ3n) is 2.84. The van der Waals surface area contributed by atoms with Crippen LogP contribution in [0, 0.1) is 6.92 Å². The van der Waals surface area contributed by atoms with E-state index in [1.165, 1.54) is 11.8 Å². The van der Waals surface area contributed by atoms with E-state index >= 15 is 0 Å². The fourth-order valence-corrected chi connectivity index (χ4v) is 3.06.